The maximum atomic E-state index is 12.0. The number of carbonyl (C=O) groups excluding carboxylic acids is 1. The summed E-state index contributed by atoms with van der Waals surface area (Å²) in [6.45, 7) is 3.22. The van der Waals surface area contributed by atoms with Crippen molar-refractivity contribution >= 4 is 11.7 Å². The van der Waals surface area contributed by atoms with E-state index in [4.69, 9.17) is 13.9 Å². The smallest absolute Gasteiger partial charge is 0.344 e. The van der Waals surface area contributed by atoms with E-state index >= 15 is 0 Å². The van der Waals surface area contributed by atoms with Gasteiger partial charge in [-0.15, -0.1) is 10.2 Å². The highest BCUT2D eigenvalue weighted by Gasteiger charge is 2.20. The minimum absolute atomic E-state index is 0.0422. The highest BCUT2D eigenvalue weighted by molar-refractivity contribution is 5.71. The molecule has 0 amide bonds. The Labute approximate surface area is 160 Å². The van der Waals surface area contributed by atoms with Crippen molar-refractivity contribution in [1.29, 1.82) is 0 Å². The molecule has 0 N–H and O–H groups in total. The first-order valence-electron chi connectivity index (χ1n) is 8.40. The van der Waals surface area contributed by atoms with E-state index in [1.54, 1.807) is 13.0 Å². The number of carbonyl (C=O) groups is 1. The predicted octanol–water partition coefficient (Wildman–Crippen LogP) is 3.64. The van der Waals surface area contributed by atoms with Gasteiger partial charge in [-0.2, -0.15) is 0 Å². The van der Waals surface area contributed by atoms with Crippen molar-refractivity contribution < 1.29 is 23.6 Å². The number of nitro benzene ring substituents is 1. The van der Waals surface area contributed by atoms with Gasteiger partial charge in [-0.3, -0.25) is 10.1 Å². The van der Waals surface area contributed by atoms with Crippen molar-refractivity contribution in [3.8, 4) is 17.2 Å². The Morgan fingerprint density at radius 2 is 1.89 bits per heavy atom. The van der Waals surface area contributed by atoms with Crippen LogP contribution in [0.25, 0.3) is 11.5 Å². The molecule has 0 fully saturated rings. The van der Waals surface area contributed by atoms with Crippen LogP contribution in [0.3, 0.4) is 0 Å². The summed E-state index contributed by atoms with van der Waals surface area (Å²) in [6, 6.07) is 13.0. The van der Waals surface area contributed by atoms with Gasteiger partial charge in [0.05, 0.1) is 4.92 Å². The Morgan fingerprint density at radius 3 is 2.57 bits per heavy atom. The maximum Gasteiger partial charge on any atom is 0.344 e. The van der Waals surface area contributed by atoms with E-state index in [1.165, 1.54) is 24.3 Å². The number of hydrogen-bond acceptors (Lipinski definition) is 8. The normalized spacial score (nSPS) is 11.6. The summed E-state index contributed by atoms with van der Waals surface area (Å²) in [7, 11) is 0. The van der Waals surface area contributed by atoms with E-state index in [0.29, 0.717) is 11.3 Å². The molecule has 1 atom stereocenters. The topological polar surface area (TPSA) is 118 Å². The lowest BCUT2D eigenvalue weighted by Gasteiger charge is -2.11. The van der Waals surface area contributed by atoms with Crippen LogP contribution < -0.4 is 4.74 Å². The standard InChI is InChI=1S/C19H17N3O6/c1-12-5-3-4-6-16(12)26-11-17(23)27-13(2)18-20-21-19(28-18)14-7-9-15(10-8-14)22(24)25/h3-10,13H,11H2,1-2H3/t13-/m0/s1. The Morgan fingerprint density at radius 1 is 1.18 bits per heavy atom. The predicted molar refractivity (Wildman–Crippen MR) is 97.6 cm³/mol. The van der Waals surface area contributed by atoms with Crippen molar-refractivity contribution in [2.75, 3.05) is 6.61 Å². The van der Waals surface area contributed by atoms with Gasteiger partial charge in [-0.05, 0) is 37.6 Å². The van der Waals surface area contributed by atoms with Gasteiger partial charge < -0.3 is 13.9 Å². The highest BCUT2D eigenvalue weighted by atomic mass is 16.6. The molecule has 1 aromatic heterocycles. The zero-order valence-electron chi connectivity index (χ0n) is 15.2. The first-order chi connectivity index (χ1) is 13.4. The van der Waals surface area contributed by atoms with Crippen LogP contribution in [0.2, 0.25) is 0 Å². The van der Waals surface area contributed by atoms with Gasteiger partial charge in [0.1, 0.15) is 5.75 Å². The highest BCUT2D eigenvalue weighted by Crippen LogP contribution is 2.24. The zero-order chi connectivity index (χ0) is 20.1. The van der Waals surface area contributed by atoms with Gasteiger partial charge in [0.25, 0.3) is 11.6 Å². The van der Waals surface area contributed by atoms with E-state index in [0.717, 1.165) is 5.56 Å². The number of para-hydroxylation sites is 1. The van der Waals surface area contributed by atoms with Crippen molar-refractivity contribution in [3.63, 3.8) is 0 Å². The molecule has 144 valence electrons. The number of aryl methyl sites for hydroxylation is 1. The average molecular weight is 383 g/mol. The zero-order valence-corrected chi connectivity index (χ0v) is 15.2. The number of esters is 1. The number of rotatable bonds is 7. The molecule has 0 radical (unpaired) electrons. The van der Waals surface area contributed by atoms with Gasteiger partial charge >= 0.3 is 5.97 Å². The maximum absolute atomic E-state index is 12.0. The second-order valence-corrected chi connectivity index (χ2v) is 5.94. The summed E-state index contributed by atoms with van der Waals surface area (Å²) >= 11 is 0. The lowest BCUT2D eigenvalue weighted by Crippen LogP contribution is -2.17. The first kappa shape index (κ1) is 19.0. The van der Waals surface area contributed by atoms with Crippen LogP contribution in [0, 0.1) is 17.0 Å². The van der Waals surface area contributed by atoms with Crippen LogP contribution in [0.1, 0.15) is 24.5 Å². The fourth-order valence-electron chi connectivity index (χ4n) is 2.38. The SMILES string of the molecule is Cc1ccccc1OCC(=O)O[C@@H](C)c1nnc(-c2ccc([N+](=O)[O-])cc2)o1. The molecule has 28 heavy (non-hydrogen) atoms. The fourth-order valence-corrected chi connectivity index (χ4v) is 2.38. The number of nitrogens with zero attached hydrogens (tertiary/aromatic N) is 3. The fraction of sp³-hybridized carbons (Fsp3) is 0.211. The summed E-state index contributed by atoms with van der Waals surface area (Å²) < 4.78 is 16.2. The third-order valence-electron chi connectivity index (χ3n) is 3.86. The van der Waals surface area contributed by atoms with E-state index < -0.39 is 17.0 Å². The van der Waals surface area contributed by atoms with Crippen LogP contribution in [0.5, 0.6) is 5.75 Å². The number of hydrogen-bond donors (Lipinski definition) is 0. The molecule has 0 aliphatic carbocycles. The Kier molecular flexibility index (Phi) is 5.64. The second kappa shape index (κ2) is 8.30. The molecule has 0 aliphatic rings. The minimum Gasteiger partial charge on any atom is -0.482 e. The van der Waals surface area contributed by atoms with Crippen LogP contribution >= 0.6 is 0 Å². The molecule has 2 aromatic carbocycles. The largest absolute Gasteiger partial charge is 0.482 e. The van der Waals surface area contributed by atoms with Crippen molar-refractivity contribution in [2.45, 2.75) is 20.0 Å². The molecule has 9 nitrogen and oxygen atoms in total. The minimum atomic E-state index is -0.771. The average Bonchev–Trinajstić information content (AvgIpc) is 3.18. The first-order valence-corrected chi connectivity index (χ1v) is 8.40. The van der Waals surface area contributed by atoms with E-state index in [9.17, 15) is 14.9 Å². The van der Waals surface area contributed by atoms with E-state index in [-0.39, 0.29) is 24.1 Å². The molecule has 0 saturated heterocycles. The molecule has 0 saturated carbocycles. The van der Waals surface area contributed by atoms with Gasteiger partial charge in [-0.1, -0.05) is 18.2 Å². The molecule has 1 heterocycles. The van der Waals surface area contributed by atoms with E-state index in [2.05, 4.69) is 10.2 Å². The molecule has 0 unspecified atom stereocenters. The van der Waals surface area contributed by atoms with Gasteiger partial charge in [0, 0.05) is 17.7 Å². The van der Waals surface area contributed by atoms with Gasteiger partial charge in [-0.25, -0.2) is 4.79 Å². The van der Waals surface area contributed by atoms with Gasteiger partial charge in [0.15, 0.2) is 12.7 Å². The molecule has 3 rings (SSSR count). The molecule has 3 aromatic rings. The number of benzene rings is 2. The number of aromatic nitrogens is 2. The quantitative estimate of drug-likeness (QED) is 0.345. The number of ether oxygens (including phenoxy) is 2. The van der Waals surface area contributed by atoms with Crippen LogP contribution in [0.4, 0.5) is 5.69 Å². The van der Waals surface area contributed by atoms with Gasteiger partial charge in [0.2, 0.25) is 5.89 Å². The Hall–Kier alpha value is -3.75. The van der Waals surface area contributed by atoms with Crippen LogP contribution in [-0.4, -0.2) is 27.7 Å². The molecule has 0 spiro atoms. The Balaban J connectivity index is 1.59. The van der Waals surface area contributed by atoms with E-state index in [1.807, 2.05) is 25.1 Å². The van der Waals surface area contributed by atoms with Crippen molar-refractivity contribution in [1.82, 2.24) is 10.2 Å². The molecular weight excluding hydrogens is 366 g/mol. The number of nitro groups is 1. The number of non-ortho nitro benzene ring substituents is 1. The summed E-state index contributed by atoms with van der Waals surface area (Å²) in [5.74, 6) is 0.303. The lowest BCUT2D eigenvalue weighted by molar-refractivity contribution is -0.384. The Bertz CT molecular complexity index is 983. The summed E-state index contributed by atoms with van der Waals surface area (Å²) in [6.07, 6.45) is -0.771. The lowest BCUT2D eigenvalue weighted by atomic mass is 10.2. The summed E-state index contributed by atoms with van der Waals surface area (Å²) in [4.78, 5) is 22.2. The molecule has 0 bridgehead atoms. The summed E-state index contributed by atoms with van der Waals surface area (Å²) in [5.41, 5.74) is 1.39. The third kappa shape index (κ3) is 4.50. The van der Waals surface area contributed by atoms with Crippen LogP contribution in [-0.2, 0) is 9.53 Å². The van der Waals surface area contributed by atoms with Crippen molar-refractivity contribution in [2.24, 2.45) is 0 Å². The second-order valence-electron chi connectivity index (χ2n) is 5.94. The molecule has 0 aliphatic heterocycles. The monoisotopic (exact) mass is 383 g/mol. The molecule has 9 heteroatoms. The molecular formula is C19H17N3O6. The van der Waals surface area contributed by atoms with Crippen LogP contribution in [0.15, 0.2) is 52.9 Å². The third-order valence-corrected chi connectivity index (χ3v) is 3.86. The summed E-state index contributed by atoms with van der Waals surface area (Å²) in [5, 5.41) is 18.5. The van der Waals surface area contributed by atoms with Crippen molar-refractivity contribution in [3.05, 3.63) is 70.1 Å².